The molecule has 0 spiro atoms. The Morgan fingerprint density at radius 1 is 1.13 bits per heavy atom. The largest absolute Gasteiger partial charge is 0.507 e. The lowest BCUT2D eigenvalue weighted by molar-refractivity contribution is 0.0553. The smallest absolute Gasteiger partial charge is 0.374 e. The quantitative estimate of drug-likeness (QED) is 0.0749. The minimum Gasteiger partial charge on any atom is -0.507 e. The third kappa shape index (κ3) is 9.34. The number of aromatic hydroxyl groups is 1. The molecule has 1 aliphatic carbocycles. The summed E-state index contributed by atoms with van der Waals surface area (Å²) >= 11 is 5.26. The van der Waals surface area contributed by atoms with E-state index in [9.17, 15) is 24.6 Å². The summed E-state index contributed by atoms with van der Waals surface area (Å²) in [6, 6.07) is 3.35. The Kier molecular flexibility index (Phi) is 14.0. The van der Waals surface area contributed by atoms with Gasteiger partial charge in [-0.2, -0.15) is 0 Å². The topological polar surface area (TPSA) is 123 Å². The molecule has 1 aromatic carbocycles. The Bertz CT molecular complexity index is 1610. The molecule has 0 saturated carbocycles. The highest BCUT2D eigenvalue weighted by atomic mass is 32.1. The number of thiocarbonyl (C=S) groups is 1. The summed E-state index contributed by atoms with van der Waals surface area (Å²) in [6.45, 7) is 5.92. The number of rotatable bonds is 17. The van der Waals surface area contributed by atoms with Crippen molar-refractivity contribution in [2.45, 2.75) is 90.6 Å². The van der Waals surface area contributed by atoms with E-state index >= 15 is 0 Å². The second kappa shape index (κ2) is 17.6. The number of unbranched alkanes of at least 4 members (excludes halogenated alkanes) is 3. The Hall–Kier alpha value is -3.82. The highest BCUT2D eigenvalue weighted by Crippen LogP contribution is 2.33. The average Bonchev–Trinajstić information content (AvgIpc) is 3.02. The number of ether oxygens (including phenoxy) is 2. The van der Waals surface area contributed by atoms with Gasteiger partial charge in [-0.05, 0) is 57.2 Å². The number of ketones is 1. The van der Waals surface area contributed by atoms with Gasteiger partial charge >= 0.3 is 5.97 Å². The van der Waals surface area contributed by atoms with Crippen LogP contribution in [0.25, 0.3) is 12.2 Å². The Labute approximate surface area is 269 Å². The van der Waals surface area contributed by atoms with Crippen molar-refractivity contribution in [1.29, 1.82) is 0 Å². The van der Waals surface area contributed by atoms with Crippen molar-refractivity contribution in [3.05, 3.63) is 79.7 Å². The lowest BCUT2D eigenvalue weighted by atomic mass is 9.88. The zero-order chi connectivity index (χ0) is 32.9. The fourth-order valence-corrected chi connectivity index (χ4v) is 5.47. The average molecular weight is 637 g/mol. The van der Waals surface area contributed by atoms with E-state index in [0.29, 0.717) is 52.8 Å². The maximum atomic E-state index is 13.7. The van der Waals surface area contributed by atoms with Gasteiger partial charge in [-0.15, -0.1) is 0 Å². The summed E-state index contributed by atoms with van der Waals surface area (Å²) in [7, 11) is 1.22. The second-order valence-corrected chi connectivity index (χ2v) is 11.6. The number of hydrogen-bond donors (Lipinski definition) is 2. The highest BCUT2D eigenvalue weighted by Gasteiger charge is 2.30. The van der Waals surface area contributed by atoms with Crippen molar-refractivity contribution in [2.24, 2.45) is 0 Å². The van der Waals surface area contributed by atoms with E-state index in [1.54, 1.807) is 36.4 Å². The number of fused-ring (bicyclic) bond motifs is 1. The molecule has 2 N–H and O–H groups in total. The summed E-state index contributed by atoms with van der Waals surface area (Å²) in [5.74, 6) is -1.38. The van der Waals surface area contributed by atoms with Crippen LogP contribution in [0.1, 0.15) is 110 Å². The number of Topliss-reactive ketones (excluding diaryl/α,β-unsaturated/α-hetero) is 1. The standard InChI is InChI=1S/C36H44O8S/c1-5-7-16-29(38)26(32-34(40)28-18-17-24(45)22-31(28)44-35(32)36(41)42-4)15-12-10-8-9-11-13-21-43-30-20-19-25(23(3)37)33(39)27(30)14-6-2/h8,10,12,15,18-20,22,26,29,38-39H,5-7,9,11,13-14,16-17,21H2,1-4H3/b10-8-,15-12+/t26-,29-/m1/s1. The van der Waals surface area contributed by atoms with Gasteiger partial charge in [0, 0.05) is 22.8 Å². The maximum Gasteiger partial charge on any atom is 0.374 e. The molecule has 1 aliphatic rings. The van der Waals surface area contributed by atoms with Crippen LogP contribution < -0.4 is 20.8 Å². The van der Waals surface area contributed by atoms with Gasteiger partial charge in [0.15, 0.2) is 11.2 Å². The predicted octanol–water partition coefficient (Wildman–Crippen LogP) is 5.62. The first-order valence-electron chi connectivity index (χ1n) is 15.6. The number of methoxy groups -OCH3 is 1. The van der Waals surface area contributed by atoms with E-state index in [4.69, 9.17) is 26.1 Å². The van der Waals surface area contributed by atoms with Crippen LogP contribution >= 0.6 is 12.2 Å². The molecule has 2 atom stereocenters. The molecule has 0 fully saturated rings. The van der Waals surface area contributed by atoms with Crippen LogP contribution in [0.4, 0.5) is 0 Å². The van der Waals surface area contributed by atoms with Crippen molar-refractivity contribution in [2.75, 3.05) is 13.7 Å². The molecule has 0 aliphatic heterocycles. The van der Waals surface area contributed by atoms with E-state index in [1.807, 2.05) is 26.0 Å². The summed E-state index contributed by atoms with van der Waals surface area (Å²) in [6.07, 6.45) is 16.0. The predicted molar refractivity (Wildman–Crippen MR) is 180 cm³/mol. The molecule has 242 valence electrons. The number of aliphatic hydroxyl groups is 1. The maximum absolute atomic E-state index is 13.7. The second-order valence-electron chi connectivity index (χ2n) is 11.1. The molecule has 0 unspecified atom stereocenters. The van der Waals surface area contributed by atoms with Gasteiger partial charge in [0.2, 0.25) is 5.76 Å². The first-order chi connectivity index (χ1) is 21.6. The minimum atomic E-state index is -0.911. The number of carbonyl (C=O) groups excluding carboxylic acids is 2. The third-order valence-corrected chi connectivity index (χ3v) is 7.97. The molecule has 0 radical (unpaired) electrons. The van der Waals surface area contributed by atoms with Crippen LogP contribution in [0.15, 0.2) is 45.6 Å². The lowest BCUT2D eigenvalue weighted by Crippen LogP contribution is -2.45. The van der Waals surface area contributed by atoms with Crippen LogP contribution in [0.2, 0.25) is 0 Å². The fourth-order valence-electron chi connectivity index (χ4n) is 5.28. The summed E-state index contributed by atoms with van der Waals surface area (Å²) in [4.78, 5) is 38.8. The molecule has 1 aromatic heterocycles. The molecule has 0 saturated heterocycles. The van der Waals surface area contributed by atoms with Crippen molar-refractivity contribution in [3.8, 4) is 11.5 Å². The van der Waals surface area contributed by atoms with Gasteiger partial charge in [0.25, 0.3) is 0 Å². The van der Waals surface area contributed by atoms with Crippen LogP contribution in [0, 0.1) is 0 Å². The number of aliphatic hydroxyl groups excluding tert-OH is 1. The minimum absolute atomic E-state index is 0.00196. The highest BCUT2D eigenvalue weighted by molar-refractivity contribution is 7.81. The zero-order valence-corrected chi connectivity index (χ0v) is 27.4. The van der Waals surface area contributed by atoms with Gasteiger partial charge < -0.3 is 24.1 Å². The van der Waals surface area contributed by atoms with Gasteiger partial charge in [0.05, 0.1) is 36.2 Å². The Balaban J connectivity index is 1.71. The van der Waals surface area contributed by atoms with Crippen molar-refractivity contribution >= 4 is 41.0 Å². The molecular weight excluding hydrogens is 592 g/mol. The third-order valence-electron chi connectivity index (χ3n) is 7.69. The summed E-state index contributed by atoms with van der Waals surface area (Å²) in [5, 5.41) is 22.0. The first-order valence-corrected chi connectivity index (χ1v) is 16.0. The van der Waals surface area contributed by atoms with Crippen LogP contribution in [0.3, 0.4) is 0 Å². The van der Waals surface area contributed by atoms with Crippen molar-refractivity contribution in [3.63, 3.8) is 0 Å². The number of carbonyl (C=O) groups is 2. The molecule has 9 heteroatoms. The van der Waals surface area contributed by atoms with E-state index in [0.717, 1.165) is 38.5 Å². The van der Waals surface area contributed by atoms with Gasteiger partial charge in [-0.25, -0.2) is 4.79 Å². The van der Waals surface area contributed by atoms with Crippen LogP contribution in [-0.2, 0) is 11.2 Å². The number of allylic oxidation sites excluding steroid dienone is 3. The van der Waals surface area contributed by atoms with Crippen LogP contribution in [0.5, 0.6) is 11.5 Å². The van der Waals surface area contributed by atoms with E-state index < -0.39 is 18.0 Å². The molecule has 45 heavy (non-hydrogen) atoms. The first kappa shape index (κ1) is 35.7. The number of hydrogen-bond acceptors (Lipinski definition) is 9. The van der Waals surface area contributed by atoms with Gasteiger partial charge in [0.1, 0.15) is 16.9 Å². The molecule has 3 rings (SSSR count). The molecular formula is C36H44O8S. The molecule has 8 nitrogen and oxygen atoms in total. The molecule has 0 bridgehead atoms. The molecule has 1 heterocycles. The molecule has 2 aromatic rings. The van der Waals surface area contributed by atoms with E-state index in [-0.39, 0.29) is 33.7 Å². The molecule has 0 amide bonds. The normalized spacial score (nSPS) is 14.1. The van der Waals surface area contributed by atoms with E-state index in [1.165, 1.54) is 14.0 Å². The zero-order valence-electron chi connectivity index (χ0n) is 26.6. The van der Waals surface area contributed by atoms with Gasteiger partial charge in [-0.3, -0.25) is 9.59 Å². The van der Waals surface area contributed by atoms with E-state index in [2.05, 4.69) is 0 Å². The number of esters is 1. The Morgan fingerprint density at radius 2 is 1.91 bits per heavy atom. The lowest BCUT2D eigenvalue weighted by Gasteiger charge is -2.21. The van der Waals surface area contributed by atoms with Crippen molar-refractivity contribution < 1.29 is 33.7 Å². The Morgan fingerprint density at radius 3 is 2.60 bits per heavy atom. The number of phenols is 1. The number of benzene rings is 1. The van der Waals surface area contributed by atoms with Crippen molar-refractivity contribution in [1.82, 2.24) is 0 Å². The summed E-state index contributed by atoms with van der Waals surface area (Å²) in [5.41, 5.74) is 0.888. The monoisotopic (exact) mass is 636 g/mol. The number of phenolic OH excluding ortho intramolecular Hbond substituents is 1. The fraction of sp³-hybridized carbons (Fsp3) is 0.444. The van der Waals surface area contributed by atoms with Gasteiger partial charge in [-0.1, -0.05) is 75.7 Å². The SMILES string of the molecule is CCCC[C@@H](O)[C@@H](/C=C/C=C\CCCCOc1ccc(C(C)=O)c(O)c1CCC)c1c(C(=O)OC)oc2c(c1=O)=CCC(=S)C=2. The van der Waals surface area contributed by atoms with Crippen LogP contribution in [-0.4, -0.2) is 46.7 Å². The summed E-state index contributed by atoms with van der Waals surface area (Å²) < 4.78 is 16.8.